The van der Waals surface area contributed by atoms with Crippen LogP contribution in [-0.2, 0) is 4.74 Å². The molecule has 160 valence electrons. The van der Waals surface area contributed by atoms with E-state index >= 15 is 0 Å². The van der Waals surface area contributed by atoms with Crippen LogP contribution in [-0.4, -0.2) is 23.5 Å². The van der Waals surface area contributed by atoms with Crippen LogP contribution in [0.4, 0.5) is 5.69 Å². The lowest BCUT2D eigenvalue weighted by molar-refractivity contribution is 0.0505. The summed E-state index contributed by atoms with van der Waals surface area (Å²) in [6, 6.07) is 24.2. The monoisotopic (exact) mass is 424 g/mol. The number of aryl methyl sites for hydroxylation is 1. The highest BCUT2D eigenvalue weighted by Crippen LogP contribution is 2.26. The predicted octanol–water partition coefficient (Wildman–Crippen LogP) is 6.03. The molecule has 5 nitrogen and oxygen atoms in total. The quantitative estimate of drug-likeness (QED) is 0.384. The molecule has 0 saturated carbocycles. The average Bonchev–Trinajstić information content (AvgIpc) is 2.82. The molecule has 1 N–H and O–H groups in total. The van der Waals surface area contributed by atoms with Gasteiger partial charge in [-0.1, -0.05) is 48.9 Å². The number of amides is 1. The number of carbonyl (C=O) groups excluding carboxylic acids is 2. The second-order valence-electron chi connectivity index (χ2n) is 7.61. The molecule has 0 radical (unpaired) electrons. The molecule has 1 heterocycles. The van der Waals surface area contributed by atoms with E-state index in [1.54, 1.807) is 24.3 Å². The Hall–Kier alpha value is -3.99. The molecule has 0 aliphatic carbocycles. The van der Waals surface area contributed by atoms with E-state index in [1.165, 1.54) is 0 Å². The highest BCUT2D eigenvalue weighted by atomic mass is 16.5. The third kappa shape index (κ3) is 4.67. The van der Waals surface area contributed by atoms with E-state index in [4.69, 9.17) is 9.72 Å². The number of fused-ring (bicyclic) bond motifs is 1. The number of nitrogens with zero attached hydrogens (tertiary/aromatic N) is 1. The number of pyridine rings is 1. The Morgan fingerprint density at radius 3 is 2.47 bits per heavy atom. The van der Waals surface area contributed by atoms with Crippen molar-refractivity contribution < 1.29 is 14.3 Å². The van der Waals surface area contributed by atoms with Gasteiger partial charge in [0.05, 0.1) is 28.9 Å². The van der Waals surface area contributed by atoms with Gasteiger partial charge in [0.15, 0.2) is 0 Å². The zero-order valence-corrected chi connectivity index (χ0v) is 18.1. The number of rotatable bonds is 6. The lowest BCUT2D eigenvalue weighted by Gasteiger charge is -2.11. The Balaban J connectivity index is 1.64. The number of hydrogen-bond donors (Lipinski definition) is 1. The van der Waals surface area contributed by atoms with Crippen molar-refractivity contribution in [2.75, 3.05) is 11.9 Å². The van der Waals surface area contributed by atoms with Gasteiger partial charge in [-0.3, -0.25) is 4.79 Å². The van der Waals surface area contributed by atoms with Crippen molar-refractivity contribution in [3.63, 3.8) is 0 Å². The van der Waals surface area contributed by atoms with Crippen molar-refractivity contribution in [3.8, 4) is 11.3 Å². The lowest BCUT2D eigenvalue weighted by atomic mass is 10.0. The third-order valence-corrected chi connectivity index (χ3v) is 5.09. The van der Waals surface area contributed by atoms with Crippen LogP contribution in [0.2, 0.25) is 0 Å². The van der Waals surface area contributed by atoms with Crippen molar-refractivity contribution in [1.29, 1.82) is 0 Å². The molecule has 1 aromatic heterocycles. The lowest BCUT2D eigenvalue weighted by Crippen LogP contribution is -2.13. The number of anilines is 1. The minimum atomic E-state index is -0.368. The van der Waals surface area contributed by atoms with E-state index in [-0.39, 0.29) is 11.9 Å². The molecule has 0 fully saturated rings. The summed E-state index contributed by atoms with van der Waals surface area (Å²) in [4.78, 5) is 30.0. The van der Waals surface area contributed by atoms with Gasteiger partial charge in [-0.15, -0.1) is 0 Å². The normalized spacial score (nSPS) is 10.7. The minimum Gasteiger partial charge on any atom is -0.462 e. The van der Waals surface area contributed by atoms with Crippen molar-refractivity contribution >= 4 is 28.5 Å². The van der Waals surface area contributed by atoms with Gasteiger partial charge in [-0.2, -0.15) is 0 Å². The van der Waals surface area contributed by atoms with Crippen LogP contribution in [0.1, 0.15) is 39.6 Å². The molecule has 4 aromatic rings. The molecule has 3 aromatic carbocycles. The number of ether oxygens (including phenoxy) is 1. The molecule has 4 rings (SSSR count). The van der Waals surface area contributed by atoms with Gasteiger partial charge >= 0.3 is 5.97 Å². The Morgan fingerprint density at radius 2 is 1.72 bits per heavy atom. The fourth-order valence-electron chi connectivity index (χ4n) is 3.48. The van der Waals surface area contributed by atoms with Crippen LogP contribution in [0.15, 0.2) is 78.9 Å². The van der Waals surface area contributed by atoms with E-state index in [0.29, 0.717) is 23.4 Å². The maximum Gasteiger partial charge on any atom is 0.338 e. The van der Waals surface area contributed by atoms with Gasteiger partial charge in [0.1, 0.15) is 0 Å². The third-order valence-electron chi connectivity index (χ3n) is 5.09. The fourth-order valence-corrected chi connectivity index (χ4v) is 3.48. The standard InChI is InChI=1S/C27H24N2O3/c1-3-15-32-27(31)19-11-13-21(14-12-19)28-26(30)23-17-25(20-8-6-7-18(2)16-20)29-24-10-5-4-9-22(23)24/h4-14,16-17H,3,15H2,1-2H3,(H,28,30). The predicted molar refractivity (Wildman–Crippen MR) is 127 cm³/mol. The Bertz CT molecular complexity index is 1280. The number of esters is 1. The van der Waals surface area contributed by atoms with Crippen LogP contribution >= 0.6 is 0 Å². The first-order valence-corrected chi connectivity index (χ1v) is 10.6. The molecule has 0 spiro atoms. The van der Waals surface area contributed by atoms with E-state index < -0.39 is 0 Å². The number of nitrogens with one attached hydrogen (secondary N) is 1. The molecule has 32 heavy (non-hydrogen) atoms. The molecular formula is C27H24N2O3. The average molecular weight is 425 g/mol. The molecule has 0 unspecified atom stereocenters. The summed E-state index contributed by atoms with van der Waals surface area (Å²) in [6.45, 7) is 4.36. The maximum atomic E-state index is 13.2. The summed E-state index contributed by atoms with van der Waals surface area (Å²) in [5.41, 5.74) is 5.17. The first kappa shape index (κ1) is 21.2. The Kier molecular flexibility index (Phi) is 6.26. The summed E-state index contributed by atoms with van der Waals surface area (Å²) < 4.78 is 5.15. The molecule has 0 aliphatic rings. The highest BCUT2D eigenvalue weighted by molar-refractivity contribution is 6.13. The number of benzene rings is 3. The van der Waals surface area contributed by atoms with Gasteiger partial charge in [-0.05, 0) is 55.8 Å². The molecule has 0 atom stereocenters. The smallest absolute Gasteiger partial charge is 0.338 e. The zero-order chi connectivity index (χ0) is 22.5. The van der Waals surface area contributed by atoms with Gasteiger partial charge in [-0.25, -0.2) is 9.78 Å². The molecule has 5 heteroatoms. The first-order chi connectivity index (χ1) is 15.5. The van der Waals surface area contributed by atoms with Gasteiger partial charge in [0.25, 0.3) is 5.91 Å². The summed E-state index contributed by atoms with van der Waals surface area (Å²) in [6.07, 6.45) is 0.768. The molecular weight excluding hydrogens is 400 g/mol. The van der Waals surface area contributed by atoms with E-state index in [9.17, 15) is 9.59 Å². The van der Waals surface area contributed by atoms with E-state index in [1.807, 2.05) is 62.4 Å². The van der Waals surface area contributed by atoms with Gasteiger partial charge in [0.2, 0.25) is 0 Å². The second-order valence-corrected chi connectivity index (χ2v) is 7.61. The molecule has 0 aliphatic heterocycles. The second kappa shape index (κ2) is 9.43. The summed E-state index contributed by atoms with van der Waals surface area (Å²) >= 11 is 0. The number of para-hydroxylation sites is 1. The highest BCUT2D eigenvalue weighted by Gasteiger charge is 2.15. The van der Waals surface area contributed by atoms with Crippen LogP contribution in [0.25, 0.3) is 22.2 Å². The number of carbonyl (C=O) groups is 2. The summed E-state index contributed by atoms with van der Waals surface area (Å²) in [5, 5.41) is 3.71. The van der Waals surface area contributed by atoms with Crippen LogP contribution in [0, 0.1) is 6.92 Å². The fraction of sp³-hybridized carbons (Fsp3) is 0.148. The van der Waals surface area contributed by atoms with Crippen molar-refractivity contribution in [3.05, 3.63) is 95.6 Å². The molecule has 0 saturated heterocycles. The Labute approximate surface area is 187 Å². The van der Waals surface area contributed by atoms with Crippen molar-refractivity contribution in [2.24, 2.45) is 0 Å². The number of aromatic nitrogens is 1. The van der Waals surface area contributed by atoms with E-state index in [2.05, 4.69) is 11.4 Å². The SMILES string of the molecule is CCCOC(=O)c1ccc(NC(=O)c2cc(-c3cccc(C)c3)nc3ccccc23)cc1. The topological polar surface area (TPSA) is 68.3 Å². The van der Waals surface area contributed by atoms with Crippen molar-refractivity contribution in [1.82, 2.24) is 4.98 Å². The maximum absolute atomic E-state index is 13.2. The summed E-state index contributed by atoms with van der Waals surface area (Å²) in [5.74, 6) is -0.605. The molecule has 1 amide bonds. The largest absolute Gasteiger partial charge is 0.462 e. The molecule has 0 bridgehead atoms. The van der Waals surface area contributed by atoms with E-state index in [0.717, 1.165) is 34.1 Å². The number of hydrogen-bond acceptors (Lipinski definition) is 4. The minimum absolute atomic E-state index is 0.237. The van der Waals surface area contributed by atoms with Gasteiger partial charge in [0, 0.05) is 16.6 Å². The van der Waals surface area contributed by atoms with Crippen LogP contribution in [0.3, 0.4) is 0 Å². The van der Waals surface area contributed by atoms with Crippen LogP contribution in [0.5, 0.6) is 0 Å². The zero-order valence-electron chi connectivity index (χ0n) is 18.1. The first-order valence-electron chi connectivity index (χ1n) is 10.6. The van der Waals surface area contributed by atoms with Crippen molar-refractivity contribution in [2.45, 2.75) is 20.3 Å². The van der Waals surface area contributed by atoms with Gasteiger partial charge < -0.3 is 10.1 Å². The van der Waals surface area contributed by atoms with Crippen LogP contribution < -0.4 is 5.32 Å². The summed E-state index contributed by atoms with van der Waals surface area (Å²) in [7, 11) is 0. The Morgan fingerprint density at radius 1 is 0.938 bits per heavy atom.